The maximum atomic E-state index is 3.46. The van der Waals surface area contributed by atoms with Crippen LogP contribution in [0.25, 0.3) is 0 Å². The predicted octanol–water partition coefficient (Wildman–Crippen LogP) is 4.13. The van der Waals surface area contributed by atoms with Crippen molar-refractivity contribution in [2.75, 3.05) is 12.3 Å². The van der Waals surface area contributed by atoms with Crippen molar-refractivity contribution in [1.29, 1.82) is 0 Å². The Labute approximate surface area is 109 Å². The minimum absolute atomic E-state index is 0.383. The Morgan fingerprint density at radius 1 is 1.47 bits per heavy atom. The molecule has 1 aromatic heterocycles. The van der Waals surface area contributed by atoms with Crippen molar-refractivity contribution in [2.45, 2.75) is 32.1 Å². The maximum absolute atomic E-state index is 3.46. The second-order valence-corrected chi connectivity index (χ2v) is 8.20. The molecule has 0 fully saturated rings. The number of thiophene rings is 1. The van der Waals surface area contributed by atoms with E-state index in [-0.39, 0.29) is 0 Å². The molecule has 1 rings (SSSR count). The molecule has 0 saturated carbocycles. The molecule has 1 nitrogen and oxygen atoms in total. The number of nitrogens with one attached hydrogen (secondary N) is 1. The lowest BCUT2D eigenvalue weighted by Crippen LogP contribution is -2.19. The molecule has 0 aliphatic heterocycles. The molecule has 0 aromatic carbocycles. The normalized spacial score (nSPS) is 12.0. The summed E-state index contributed by atoms with van der Waals surface area (Å²) in [6.07, 6.45) is 0. The quantitative estimate of drug-likeness (QED) is 0.821. The second kappa shape index (κ2) is 6.28. The van der Waals surface area contributed by atoms with E-state index >= 15 is 0 Å². The lowest BCUT2D eigenvalue weighted by atomic mass is 10.3. The van der Waals surface area contributed by atoms with Crippen LogP contribution < -0.4 is 5.32 Å². The minimum Gasteiger partial charge on any atom is -0.311 e. The van der Waals surface area contributed by atoms with E-state index in [2.05, 4.69) is 53.5 Å². The standard InChI is InChI=1S/C11H18BrNS2/c1-11(2,3)15-5-4-13-7-10-6-9(12)8-14-10/h6,8,13H,4-5,7H2,1-3H3. The molecule has 0 bridgehead atoms. The van der Waals surface area contributed by atoms with Crippen LogP contribution >= 0.6 is 39.0 Å². The zero-order valence-corrected chi connectivity index (χ0v) is 12.7. The lowest BCUT2D eigenvalue weighted by Gasteiger charge is -2.17. The largest absolute Gasteiger partial charge is 0.311 e. The Morgan fingerprint density at radius 2 is 2.20 bits per heavy atom. The number of thioether (sulfide) groups is 1. The summed E-state index contributed by atoms with van der Waals surface area (Å²) in [6, 6.07) is 2.18. The van der Waals surface area contributed by atoms with Gasteiger partial charge in [-0.25, -0.2) is 0 Å². The summed E-state index contributed by atoms with van der Waals surface area (Å²) in [4.78, 5) is 1.39. The summed E-state index contributed by atoms with van der Waals surface area (Å²) in [7, 11) is 0. The molecule has 0 atom stereocenters. The highest BCUT2D eigenvalue weighted by atomic mass is 79.9. The van der Waals surface area contributed by atoms with Gasteiger partial charge in [-0.15, -0.1) is 11.3 Å². The average molecular weight is 308 g/mol. The zero-order chi connectivity index (χ0) is 11.3. The first-order chi connectivity index (χ1) is 6.97. The van der Waals surface area contributed by atoms with Crippen molar-refractivity contribution in [3.05, 3.63) is 20.8 Å². The minimum atomic E-state index is 0.383. The van der Waals surface area contributed by atoms with E-state index in [0.29, 0.717) is 4.75 Å². The van der Waals surface area contributed by atoms with Crippen molar-refractivity contribution in [3.8, 4) is 0 Å². The highest BCUT2D eigenvalue weighted by Crippen LogP contribution is 2.22. The number of hydrogen-bond acceptors (Lipinski definition) is 3. The van der Waals surface area contributed by atoms with Crippen LogP contribution in [-0.4, -0.2) is 17.0 Å². The maximum Gasteiger partial charge on any atom is 0.0300 e. The fourth-order valence-electron chi connectivity index (χ4n) is 1.09. The number of rotatable bonds is 5. The van der Waals surface area contributed by atoms with Gasteiger partial charge in [-0.1, -0.05) is 20.8 Å². The molecule has 0 radical (unpaired) electrons. The molecule has 4 heteroatoms. The Hall–Kier alpha value is 0.490. The van der Waals surface area contributed by atoms with Crippen LogP contribution in [0.2, 0.25) is 0 Å². The van der Waals surface area contributed by atoms with E-state index in [9.17, 15) is 0 Å². The number of halogens is 1. The van der Waals surface area contributed by atoms with Gasteiger partial charge in [0.25, 0.3) is 0 Å². The summed E-state index contributed by atoms with van der Waals surface area (Å²) >= 11 is 7.26. The molecule has 0 amide bonds. The van der Waals surface area contributed by atoms with Crippen LogP contribution in [0.5, 0.6) is 0 Å². The van der Waals surface area contributed by atoms with Crippen LogP contribution in [0.1, 0.15) is 25.6 Å². The molecule has 15 heavy (non-hydrogen) atoms. The molecule has 1 heterocycles. The van der Waals surface area contributed by atoms with E-state index in [1.54, 1.807) is 11.3 Å². The summed E-state index contributed by atoms with van der Waals surface area (Å²) in [5, 5.41) is 5.58. The van der Waals surface area contributed by atoms with Crippen molar-refractivity contribution < 1.29 is 0 Å². The van der Waals surface area contributed by atoms with E-state index in [1.807, 2.05) is 11.8 Å². The van der Waals surface area contributed by atoms with E-state index in [1.165, 1.54) is 15.1 Å². The summed E-state index contributed by atoms with van der Waals surface area (Å²) in [6.45, 7) is 8.84. The van der Waals surface area contributed by atoms with Gasteiger partial charge in [-0.2, -0.15) is 11.8 Å². The predicted molar refractivity (Wildman–Crippen MR) is 75.9 cm³/mol. The molecule has 1 aromatic rings. The summed E-state index contributed by atoms with van der Waals surface area (Å²) in [5.74, 6) is 1.18. The summed E-state index contributed by atoms with van der Waals surface area (Å²) < 4.78 is 1.57. The van der Waals surface area contributed by atoms with Gasteiger partial charge in [0, 0.05) is 38.3 Å². The molecule has 0 unspecified atom stereocenters. The van der Waals surface area contributed by atoms with E-state index in [0.717, 1.165) is 13.1 Å². The van der Waals surface area contributed by atoms with E-state index in [4.69, 9.17) is 0 Å². The van der Waals surface area contributed by atoms with Gasteiger partial charge in [0.2, 0.25) is 0 Å². The van der Waals surface area contributed by atoms with Crippen molar-refractivity contribution in [3.63, 3.8) is 0 Å². The van der Waals surface area contributed by atoms with Crippen LogP contribution in [0.4, 0.5) is 0 Å². The van der Waals surface area contributed by atoms with Crippen LogP contribution in [0.15, 0.2) is 15.9 Å². The molecule has 0 aliphatic carbocycles. The van der Waals surface area contributed by atoms with Gasteiger partial charge in [0.15, 0.2) is 0 Å². The Morgan fingerprint density at radius 3 is 2.73 bits per heavy atom. The van der Waals surface area contributed by atoms with Crippen LogP contribution in [0.3, 0.4) is 0 Å². The van der Waals surface area contributed by atoms with Gasteiger partial charge in [0.1, 0.15) is 0 Å². The molecule has 86 valence electrons. The SMILES string of the molecule is CC(C)(C)SCCNCc1cc(Br)cs1. The molecular weight excluding hydrogens is 290 g/mol. The monoisotopic (exact) mass is 307 g/mol. The molecule has 1 N–H and O–H groups in total. The molecule has 0 aliphatic rings. The van der Waals surface area contributed by atoms with Gasteiger partial charge < -0.3 is 5.32 Å². The van der Waals surface area contributed by atoms with Gasteiger partial charge in [-0.05, 0) is 22.0 Å². The third-order valence-corrected chi connectivity index (χ3v) is 4.71. The highest BCUT2D eigenvalue weighted by molar-refractivity contribution is 9.10. The smallest absolute Gasteiger partial charge is 0.0300 e. The first kappa shape index (κ1) is 13.6. The average Bonchev–Trinajstić information content (AvgIpc) is 2.49. The zero-order valence-electron chi connectivity index (χ0n) is 9.47. The van der Waals surface area contributed by atoms with E-state index < -0.39 is 0 Å². The Kier molecular flexibility index (Phi) is 5.68. The first-order valence-electron chi connectivity index (χ1n) is 5.05. The molecule has 0 saturated heterocycles. The van der Waals surface area contributed by atoms with Crippen molar-refractivity contribution in [2.24, 2.45) is 0 Å². The van der Waals surface area contributed by atoms with Crippen LogP contribution in [-0.2, 0) is 6.54 Å². The third-order valence-electron chi connectivity index (χ3n) is 1.73. The Balaban J connectivity index is 2.07. The highest BCUT2D eigenvalue weighted by Gasteiger charge is 2.09. The fourth-order valence-corrected chi connectivity index (χ4v) is 3.37. The molecule has 0 spiro atoms. The second-order valence-electron chi connectivity index (χ2n) is 4.37. The fraction of sp³-hybridized carbons (Fsp3) is 0.636. The first-order valence-corrected chi connectivity index (χ1v) is 7.71. The van der Waals surface area contributed by atoms with Crippen LogP contribution in [0, 0.1) is 0 Å². The molecular formula is C11H18BrNS2. The number of hydrogen-bond donors (Lipinski definition) is 1. The van der Waals surface area contributed by atoms with Gasteiger partial charge in [0.05, 0.1) is 0 Å². The summed E-state index contributed by atoms with van der Waals surface area (Å²) in [5.41, 5.74) is 0. The van der Waals surface area contributed by atoms with Gasteiger partial charge >= 0.3 is 0 Å². The topological polar surface area (TPSA) is 12.0 Å². The Bertz CT molecular complexity index is 291. The lowest BCUT2D eigenvalue weighted by molar-refractivity contribution is 0.733. The van der Waals surface area contributed by atoms with Crippen molar-refractivity contribution in [1.82, 2.24) is 5.32 Å². The van der Waals surface area contributed by atoms with Gasteiger partial charge in [-0.3, -0.25) is 0 Å². The third kappa shape index (κ3) is 6.61. The van der Waals surface area contributed by atoms with Crippen molar-refractivity contribution >= 4 is 39.0 Å².